The number of sulfonamides is 1. The highest BCUT2D eigenvalue weighted by atomic mass is 79.9. The summed E-state index contributed by atoms with van der Waals surface area (Å²) in [5, 5.41) is 3.86. The number of nitrogens with two attached hydrogens (primary N) is 1. The second kappa shape index (κ2) is 5.62. The Hall–Kier alpha value is -0.890. The van der Waals surface area contributed by atoms with Crippen molar-refractivity contribution in [1.29, 1.82) is 0 Å². The number of hydrogen-bond donors (Lipinski definition) is 1. The van der Waals surface area contributed by atoms with Crippen molar-refractivity contribution in [2.75, 3.05) is 12.8 Å². The number of nitrogen functional groups attached to an aromatic ring is 1. The van der Waals surface area contributed by atoms with Crippen molar-refractivity contribution in [2.24, 2.45) is 0 Å². The predicted molar refractivity (Wildman–Crippen MR) is 81.5 cm³/mol. The molecule has 7 heteroatoms. The third-order valence-electron chi connectivity index (χ3n) is 2.67. The van der Waals surface area contributed by atoms with Crippen LogP contribution >= 0.6 is 27.3 Å². The number of anilines is 1. The normalized spacial score (nSPS) is 11.9. The summed E-state index contributed by atoms with van der Waals surface area (Å²) in [5.74, 6) is 0. The summed E-state index contributed by atoms with van der Waals surface area (Å²) in [5.41, 5.74) is 7.15. The summed E-state index contributed by atoms with van der Waals surface area (Å²) in [7, 11) is -1.94. The molecule has 0 saturated carbocycles. The van der Waals surface area contributed by atoms with Crippen molar-refractivity contribution in [3.05, 3.63) is 45.1 Å². The molecule has 0 spiro atoms. The highest BCUT2D eigenvalue weighted by Crippen LogP contribution is 2.25. The molecular weight excluding hydrogens is 348 g/mol. The average molecular weight is 361 g/mol. The van der Waals surface area contributed by atoms with E-state index in [-0.39, 0.29) is 4.90 Å². The van der Waals surface area contributed by atoms with Crippen molar-refractivity contribution < 1.29 is 8.42 Å². The standard InChI is InChI=1S/C12H13BrN2O2S2/c1-15(7-9-4-5-18-8-9)19(16,17)10-2-3-12(14)11(13)6-10/h2-6,8H,7,14H2,1H3. The zero-order chi connectivity index (χ0) is 14.0. The number of benzene rings is 1. The van der Waals surface area contributed by atoms with Crippen LogP contribution in [0.5, 0.6) is 0 Å². The van der Waals surface area contributed by atoms with Crippen LogP contribution in [0.2, 0.25) is 0 Å². The van der Waals surface area contributed by atoms with Crippen LogP contribution in [-0.2, 0) is 16.6 Å². The van der Waals surface area contributed by atoms with Gasteiger partial charge in [-0.3, -0.25) is 0 Å². The maximum atomic E-state index is 12.4. The van der Waals surface area contributed by atoms with Crippen LogP contribution in [0.1, 0.15) is 5.56 Å². The molecule has 2 aromatic rings. The van der Waals surface area contributed by atoms with Gasteiger partial charge in [-0.05, 0) is 56.5 Å². The smallest absolute Gasteiger partial charge is 0.243 e. The average Bonchev–Trinajstić information content (AvgIpc) is 2.85. The molecule has 2 N–H and O–H groups in total. The molecule has 0 bridgehead atoms. The number of thiophene rings is 1. The Bertz CT molecular complexity index is 669. The van der Waals surface area contributed by atoms with E-state index in [1.807, 2.05) is 16.8 Å². The lowest BCUT2D eigenvalue weighted by Gasteiger charge is -2.17. The third kappa shape index (κ3) is 3.17. The van der Waals surface area contributed by atoms with Gasteiger partial charge in [0.25, 0.3) is 0 Å². The monoisotopic (exact) mass is 360 g/mol. The number of hydrogen-bond acceptors (Lipinski definition) is 4. The van der Waals surface area contributed by atoms with Gasteiger partial charge >= 0.3 is 0 Å². The molecule has 0 fully saturated rings. The fraction of sp³-hybridized carbons (Fsp3) is 0.167. The first kappa shape index (κ1) is 14.5. The second-order valence-corrected chi connectivity index (χ2v) is 7.76. The second-order valence-electron chi connectivity index (χ2n) is 4.08. The summed E-state index contributed by atoms with van der Waals surface area (Å²) in [6.07, 6.45) is 0. The summed E-state index contributed by atoms with van der Waals surface area (Å²) >= 11 is 4.79. The molecule has 0 amide bonds. The van der Waals surface area contributed by atoms with Crippen molar-refractivity contribution in [2.45, 2.75) is 11.4 Å². The van der Waals surface area contributed by atoms with Gasteiger partial charge in [0.15, 0.2) is 0 Å². The van der Waals surface area contributed by atoms with Gasteiger partial charge in [0.1, 0.15) is 0 Å². The Morgan fingerprint density at radius 2 is 2.11 bits per heavy atom. The van der Waals surface area contributed by atoms with Crippen molar-refractivity contribution in [1.82, 2.24) is 4.31 Å². The first-order valence-corrected chi connectivity index (χ1v) is 8.61. The van der Waals surface area contributed by atoms with E-state index >= 15 is 0 Å². The third-order valence-corrected chi connectivity index (χ3v) is 5.88. The largest absolute Gasteiger partial charge is 0.398 e. The van der Waals surface area contributed by atoms with Crippen LogP contribution in [0.3, 0.4) is 0 Å². The van der Waals surface area contributed by atoms with E-state index in [2.05, 4.69) is 15.9 Å². The van der Waals surface area contributed by atoms with Crippen molar-refractivity contribution >= 4 is 43.0 Å². The molecule has 0 aliphatic heterocycles. The predicted octanol–water partition coefficient (Wildman–Crippen LogP) is 2.91. The SMILES string of the molecule is CN(Cc1ccsc1)S(=O)(=O)c1ccc(N)c(Br)c1. The fourth-order valence-corrected chi connectivity index (χ4v) is 3.95. The molecule has 0 unspecified atom stereocenters. The van der Waals surface area contributed by atoms with Gasteiger partial charge in [-0.1, -0.05) is 0 Å². The molecule has 19 heavy (non-hydrogen) atoms. The van der Waals surface area contributed by atoms with Gasteiger partial charge in [0.2, 0.25) is 10.0 Å². The van der Waals surface area contributed by atoms with Gasteiger partial charge in [-0.25, -0.2) is 8.42 Å². The van der Waals surface area contributed by atoms with E-state index in [1.165, 1.54) is 16.4 Å². The van der Waals surface area contributed by atoms with Crippen molar-refractivity contribution in [3.63, 3.8) is 0 Å². The minimum absolute atomic E-state index is 0.228. The summed E-state index contributed by atoms with van der Waals surface area (Å²) in [6.45, 7) is 0.355. The van der Waals surface area contributed by atoms with Crippen LogP contribution in [0.4, 0.5) is 5.69 Å². The minimum atomic E-state index is -3.50. The Balaban J connectivity index is 2.28. The molecule has 0 aliphatic carbocycles. The van der Waals surface area contributed by atoms with Gasteiger partial charge < -0.3 is 5.73 Å². The lowest BCUT2D eigenvalue weighted by atomic mass is 10.3. The lowest BCUT2D eigenvalue weighted by Crippen LogP contribution is -2.26. The molecule has 1 aromatic heterocycles. The molecule has 4 nitrogen and oxygen atoms in total. The van der Waals surface area contributed by atoms with E-state index in [0.29, 0.717) is 16.7 Å². The van der Waals surface area contributed by atoms with E-state index in [1.54, 1.807) is 24.5 Å². The van der Waals surface area contributed by atoms with Crippen molar-refractivity contribution in [3.8, 4) is 0 Å². The van der Waals surface area contributed by atoms with Crippen LogP contribution in [-0.4, -0.2) is 19.8 Å². The van der Waals surface area contributed by atoms with Crippen LogP contribution in [0.15, 0.2) is 44.4 Å². The van der Waals surface area contributed by atoms with Gasteiger partial charge in [0, 0.05) is 23.8 Å². The minimum Gasteiger partial charge on any atom is -0.398 e. The topological polar surface area (TPSA) is 63.4 Å². The first-order valence-electron chi connectivity index (χ1n) is 5.43. The summed E-state index contributed by atoms with van der Waals surface area (Å²) in [6, 6.07) is 6.53. The summed E-state index contributed by atoms with van der Waals surface area (Å²) < 4.78 is 26.7. The Kier molecular flexibility index (Phi) is 4.29. The molecule has 0 radical (unpaired) electrons. The van der Waals surface area contributed by atoms with Gasteiger partial charge in [-0.2, -0.15) is 15.6 Å². The van der Waals surface area contributed by atoms with Crippen LogP contribution < -0.4 is 5.73 Å². The van der Waals surface area contributed by atoms with E-state index in [9.17, 15) is 8.42 Å². The maximum absolute atomic E-state index is 12.4. The zero-order valence-electron chi connectivity index (χ0n) is 10.2. The lowest BCUT2D eigenvalue weighted by molar-refractivity contribution is 0.467. The molecule has 102 valence electrons. The maximum Gasteiger partial charge on any atom is 0.243 e. The van der Waals surface area contributed by atoms with E-state index in [4.69, 9.17) is 5.73 Å². The quantitative estimate of drug-likeness (QED) is 0.852. The molecule has 0 saturated heterocycles. The number of nitrogens with zero attached hydrogens (tertiary/aromatic N) is 1. The number of rotatable bonds is 4. The Morgan fingerprint density at radius 3 is 2.68 bits per heavy atom. The fourth-order valence-electron chi connectivity index (χ4n) is 1.57. The molecular formula is C12H13BrN2O2S2. The zero-order valence-corrected chi connectivity index (χ0v) is 13.4. The summed E-state index contributed by atoms with van der Waals surface area (Å²) in [4.78, 5) is 0.228. The Morgan fingerprint density at radius 1 is 1.37 bits per heavy atom. The molecule has 1 heterocycles. The van der Waals surface area contributed by atoms with E-state index in [0.717, 1.165) is 5.56 Å². The highest BCUT2D eigenvalue weighted by molar-refractivity contribution is 9.10. The van der Waals surface area contributed by atoms with Crippen LogP contribution in [0, 0.1) is 0 Å². The van der Waals surface area contributed by atoms with Gasteiger partial charge in [-0.15, -0.1) is 0 Å². The first-order chi connectivity index (χ1) is 8.91. The van der Waals surface area contributed by atoms with E-state index < -0.39 is 10.0 Å². The van der Waals surface area contributed by atoms with Gasteiger partial charge in [0.05, 0.1) is 4.90 Å². The number of halogens is 1. The Labute approximate surface area is 125 Å². The molecule has 1 aromatic carbocycles. The molecule has 0 aliphatic rings. The molecule has 0 atom stereocenters. The highest BCUT2D eigenvalue weighted by Gasteiger charge is 2.21. The van der Waals surface area contributed by atoms with Crippen LogP contribution in [0.25, 0.3) is 0 Å². The molecule has 2 rings (SSSR count).